The molecule has 2 heterocycles. The average molecular weight is 243 g/mol. The second-order valence-corrected chi connectivity index (χ2v) is 4.75. The molecule has 18 heavy (non-hydrogen) atoms. The highest BCUT2D eigenvalue weighted by Gasteiger charge is 2.13. The van der Waals surface area contributed by atoms with Crippen molar-refractivity contribution in [3.05, 3.63) is 30.0 Å². The molecule has 1 fully saturated rings. The van der Waals surface area contributed by atoms with Crippen molar-refractivity contribution in [2.75, 3.05) is 31.1 Å². The zero-order chi connectivity index (χ0) is 12.5. The molecule has 94 valence electrons. The molecular weight excluding hydrogens is 226 g/mol. The van der Waals surface area contributed by atoms with Crippen LogP contribution in [0.4, 0.5) is 5.69 Å². The van der Waals surface area contributed by atoms with E-state index in [-0.39, 0.29) is 0 Å². The van der Waals surface area contributed by atoms with Gasteiger partial charge in [0.1, 0.15) is 0 Å². The van der Waals surface area contributed by atoms with Crippen LogP contribution in [0.3, 0.4) is 0 Å². The lowest BCUT2D eigenvalue weighted by atomic mass is 10.1. The third kappa shape index (κ3) is 1.78. The van der Waals surface area contributed by atoms with Crippen LogP contribution in [0.1, 0.15) is 10.4 Å². The Kier molecular flexibility index (Phi) is 2.80. The molecule has 0 unspecified atom stereocenters. The van der Waals surface area contributed by atoms with Gasteiger partial charge in [-0.05, 0) is 18.2 Å². The molecule has 0 saturated carbocycles. The van der Waals surface area contributed by atoms with Gasteiger partial charge in [0.05, 0.1) is 0 Å². The molecule has 0 spiro atoms. The van der Waals surface area contributed by atoms with Gasteiger partial charge in [0.25, 0.3) is 0 Å². The molecule has 1 N–H and O–H groups in total. The maximum atomic E-state index is 11.1. The average Bonchev–Trinajstić information content (AvgIpc) is 2.76. The number of benzene rings is 1. The number of nitrogens with zero attached hydrogens (tertiary/aromatic N) is 2. The Morgan fingerprint density at radius 2 is 2.06 bits per heavy atom. The fourth-order valence-corrected chi connectivity index (χ4v) is 2.62. The van der Waals surface area contributed by atoms with E-state index in [1.54, 1.807) is 0 Å². The first-order valence-corrected chi connectivity index (χ1v) is 6.29. The standard InChI is InChI=1S/C14H17N3O/c1-16-9-11(10-18)13-8-12(2-3-14(13)16)17-6-4-15-5-7-17/h2-3,8-10,15H,4-7H2,1H3. The summed E-state index contributed by atoms with van der Waals surface area (Å²) in [5, 5.41) is 4.39. The third-order valence-corrected chi connectivity index (χ3v) is 3.61. The molecule has 2 aromatic rings. The van der Waals surface area contributed by atoms with E-state index < -0.39 is 0 Å². The number of aromatic nitrogens is 1. The molecule has 0 bridgehead atoms. The molecule has 1 aliphatic rings. The number of aryl methyl sites for hydroxylation is 1. The molecular formula is C14H17N3O. The third-order valence-electron chi connectivity index (χ3n) is 3.61. The number of nitrogens with one attached hydrogen (secondary N) is 1. The van der Waals surface area contributed by atoms with Crippen LogP contribution in [0, 0.1) is 0 Å². The minimum atomic E-state index is 0.768. The zero-order valence-corrected chi connectivity index (χ0v) is 10.5. The highest BCUT2D eigenvalue weighted by Crippen LogP contribution is 2.25. The Balaban J connectivity index is 2.06. The van der Waals surface area contributed by atoms with Crippen molar-refractivity contribution in [2.45, 2.75) is 0 Å². The maximum absolute atomic E-state index is 11.1. The Morgan fingerprint density at radius 1 is 1.28 bits per heavy atom. The van der Waals surface area contributed by atoms with Gasteiger partial charge in [-0.1, -0.05) is 0 Å². The number of carbonyl (C=O) groups is 1. The van der Waals surface area contributed by atoms with Crippen molar-refractivity contribution in [3.63, 3.8) is 0 Å². The smallest absolute Gasteiger partial charge is 0.152 e. The topological polar surface area (TPSA) is 37.3 Å². The van der Waals surface area contributed by atoms with E-state index in [4.69, 9.17) is 0 Å². The summed E-state index contributed by atoms with van der Waals surface area (Å²) in [6.45, 7) is 4.09. The predicted molar refractivity (Wildman–Crippen MR) is 73.4 cm³/mol. The van der Waals surface area contributed by atoms with Gasteiger partial charge in [0.15, 0.2) is 6.29 Å². The number of piperazine rings is 1. The van der Waals surface area contributed by atoms with Crippen molar-refractivity contribution in [1.82, 2.24) is 9.88 Å². The van der Waals surface area contributed by atoms with Crippen LogP contribution in [0.2, 0.25) is 0 Å². The van der Waals surface area contributed by atoms with Crippen LogP contribution < -0.4 is 10.2 Å². The van der Waals surface area contributed by atoms with E-state index in [0.29, 0.717) is 0 Å². The summed E-state index contributed by atoms with van der Waals surface area (Å²) in [5.41, 5.74) is 3.08. The molecule has 4 nitrogen and oxygen atoms in total. The highest BCUT2D eigenvalue weighted by atomic mass is 16.1. The summed E-state index contributed by atoms with van der Waals surface area (Å²) in [6, 6.07) is 6.37. The van der Waals surface area contributed by atoms with Gasteiger partial charge in [-0.3, -0.25) is 4.79 Å². The molecule has 4 heteroatoms. The molecule has 1 aliphatic heterocycles. The molecule has 1 saturated heterocycles. The fraction of sp³-hybridized carbons (Fsp3) is 0.357. The van der Waals surface area contributed by atoms with E-state index >= 15 is 0 Å². The van der Waals surface area contributed by atoms with Crippen LogP contribution in [-0.2, 0) is 7.05 Å². The van der Waals surface area contributed by atoms with E-state index in [1.807, 2.05) is 17.8 Å². The second-order valence-electron chi connectivity index (χ2n) is 4.75. The van der Waals surface area contributed by atoms with Gasteiger partial charge < -0.3 is 14.8 Å². The molecule has 0 radical (unpaired) electrons. The number of hydrogen-bond donors (Lipinski definition) is 1. The Labute approximate surface area is 106 Å². The van der Waals surface area contributed by atoms with Gasteiger partial charge >= 0.3 is 0 Å². The van der Waals surface area contributed by atoms with Crippen LogP contribution in [-0.4, -0.2) is 37.0 Å². The molecule has 1 aromatic carbocycles. The summed E-state index contributed by atoms with van der Waals surface area (Å²) < 4.78 is 2.00. The molecule has 3 rings (SSSR count). The number of carbonyl (C=O) groups excluding carboxylic acids is 1. The molecule has 1 aromatic heterocycles. The van der Waals surface area contributed by atoms with Crippen molar-refractivity contribution >= 4 is 22.9 Å². The first kappa shape index (κ1) is 11.3. The summed E-state index contributed by atoms with van der Waals surface area (Å²) in [5.74, 6) is 0. The monoisotopic (exact) mass is 243 g/mol. The normalized spacial score (nSPS) is 16.2. The van der Waals surface area contributed by atoms with Crippen LogP contribution in [0.5, 0.6) is 0 Å². The Hall–Kier alpha value is -1.81. The summed E-state index contributed by atoms with van der Waals surface area (Å²) in [6.07, 6.45) is 2.82. The van der Waals surface area contributed by atoms with Crippen molar-refractivity contribution in [1.29, 1.82) is 0 Å². The Bertz CT molecular complexity index is 582. The zero-order valence-electron chi connectivity index (χ0n) is 10.5. The maximum Gasteiger partial charge on any atom is 0.152 e. The van der Waals surface area contributed by atoms with E-state index in [2.05, 4.69) is 28.4 Å². The second kappa shape index (κ2) is 4.46. The number of rotatable bonds is 2. The van der Waals surface area contributed by atoms with E-state index in [0.717, 1.165) is 48.9 Å². The number of anilines is 1. The summed E-state index contributed by atoms with van der Waals surface area (Å²) in [7, 11) is 1.97. The fourth-order valence-electron chi connectivity index (χ4n) is 2.62. The number of fused-ring (bicyclic) bond motifs is 1. The van der Waals surface area contributed by atoms with Crippen LogP contribution >= 0.6 is 0 Å². The number of hydrogen-bond acceptors (Lipinski definition) is 3. The molecule has 0 atom stereocenters. The van der Waals surface area contributed by atoms with Crippen molar-refractivity contribution in [3.8, 4) is 0 Å². The quantitative estimate of drug-likeness (QED) is 0.810. The Morgan fingerprint density at radius 3 is 2.78 bits per heavy atom. The van der Waals surface area contributed by atoms with Gasteiger partial charge in [0.2, 0.25) is 0 Å². The van der Waals surface area contributed by atoms with Crippen LogP contribution in [0.15, 0.2) is 24.4 Å². The minimum Gasteiger partial charge on any atom is -0.369 e. The van der Waals surface area contributed by atoms with Crippen molar-refractivity contribution < 1.29 is 4.79 Å². The van der Waals surface area contributed by atoms with Crippen LogP contribution in [0.25, 0.3) is 10.9 Å². The first-order valence-electron chi connectivity index (χ1n) is 6.29. The van der Waals surface area contributed by atoms with E-state index in [9.17, 15) is 4.79 Å². The van der Waals surface area contributed by atoms with Crippen molar-refractivity contribution in [2.24, 2.45) is 7.05 Å². The highest BCUT2D eigenvalue weighted by molar-refractivity contribution is 5.99. The minimum absolute atomic E-state index is 0.768. The largest absolute Gasteiger partial charge is 0.369 e. The number of aldehydes is 1. The summed E-state index contributed by atoms with van der Waals surface area (Å²) in [4.78, 5) is 13.4. The summed E-state index contributed by atoms with van der Waals surface area (Å²) >= 11 is 0. The lowest BCUT2D eigenvalue weighted by molar-refractivity contribution is 0.112. The van der Waals surface area contributed by atoms with E-state index in [1.165, 1.54) is 5.69 Å². The van der Waals surface area contributed by atoms with Gasteiger partial charge in [0, 0.05) is 61.6 Å². The SMILES string of the molecule is Cn1cc(C=O)c2cc(N3CCNCC3)ccc21. The predicted octanol–water partition coefficient (Wildman–Crippen LogP) is 1.40. The first-order chi connectivity index (χ1) is 8.79. The van der Waals surface area contributed by atoms with Gasteiger partial charge in [-0.15, -0.1) is 0 Å². The van der Waals surface area contributed by atoms with Gasteiger partial charge in [-0.25, -0.2) is 0 Å². The lowest BCUT2D eigenvalue weighted by Crippen LogP contribution is -2.43. The molecule has 0 aliphatic carbocycles. The molecule has 0 amide bonds. The lowest BCUT2D eigenvalue weighted by Gasteiger charge is -2.29. The van der Waals surface area contributed by atoms with Gasteiger partial charge in [-0.2, -0.15) is 0 Å².